The van der Waals surface area contributed by atoms with E-state index in [9.17, 15) is 18.0 Å². The molecule has 0 heterocycles. The number of anilines is 1. The van der Waals surface area contributed by atoms with Crippen LogP contribution in [0.1, 0.15) is 70.9 Å². The van der Waals surface area contributed by atoms with Crippen molar-refractivity contribution >= 4 is 27.5 Å². The van der Waals surface area contributed by atoms with Crippen LogP contribution in [0.25, 0.3) is 0 Å². The Balaban J connectivity index is 1.89. The van der Waals surface area contributed by atoms with Gasteiger partial charge in [0.05, 0.1) is 19.1 Å². The zero-order chi connectivity index (χ0) is 28.8. The predicted octanol–water partition coefficient (Wildman–Crippen LogP) is 4.62. The molecule has 0 spiro atoms. The Morgan fingerprint density at radius 1 is 1.05 bits per heavy atom. The molecule has 9 heteroatoms. The van der Waals surface area contributed by atoms with E-state index in [1.54, 1.807) is 26.2 Å². The van der Waals surface area contributed by atoms with Gasteiger partial charge >= 0.3 is 0 Å². The van der Waals surface area contributed by atoms with E-state index < -0.39 is 28.5 Å². The van der Waals surface area contributed by atoms with Crippen LogP contribution in [0.5, 0.6) is 5.75 Å². The van der Waals surface area contributed by atoms with E-state index in [2.05, 4.69) is 26.1 Å². The number of sulfonamides is 1. The van der Waals surface area contributed by atoms with Crippen LogP contribution in [0.2, 0.25) is 0 Å². The fourth-order valence-electron chi connectivity index (χ4n) is 4.86. The number of nitrogens with one attached hydrogen (secondary N) is 1. The Morgan fingerprint density at radius 2 is 1.69 bits per heavy atom. The van der Waals surface area contributed by atoms with Gasteiger partial charge in [0, 0.05) is 12.6 Å². The summed E-state index contributed by atoms with van der Waals surface area (Å²) < 4.78 is 32.1. The van der Waals surface area contributed by atoms with Crippen LogP contribution in [-0.4, -0.2) is 57.1 Å². The fourth-order valence-corrected chi connectivity index (χ4v) is 5.71. The summed E-state index contributed by atoms with van der Waals surface area (Å²) in [6.45, 7) is 7.65. The van der Waals surface area contributed by atoms with Gasteiger partial charge in [0.15, 0.2) is 0 Å². The summed E-state index contributed by atoms with van der Waals surface area (Å²) >= 11 is 0. The van der Waals surface area contributed by atoms with Gasteiger partial charge in [-0.25, -0.2) is 8.42 Å². The maximum atomic E-state index is 13.8. The quantitative estimate of drug-likeness (QED) is 0.460. The second-order valence-corrected chi connectivity index (χ2v) is 13.4. The Hall–Kier alpha value is -3.07. The van der Waals surface area contributed by atoms with E-state index in [-0.39, 0.29) is 23.9 Å². The third-order valence-electron chi connectivity index (χ3n) is 7.31. The summed E-state index contributed by atoms with van der Waals surface area (Å²) in [5.41, 5.74) is 2.14. The molecule has 3 rings (SSSR count). The molecule has 8 nitrogen and oxygen atoms in total. The number of amides is 2. The largest absolute Gasteiger partial charge is 0.497 e. The third-order valence-corrected chi connectivity index (χ3v) is 8.45. The molecule has 0 saturated heterocycles. The molecule has 39 heavy (non-hydrogen) atoms. The second-order valence-electron chi connectivity index (χ2n) is 11.5. The molecular weight excluding hydrogens is 514 g/mol. The summed E-state index contributed by atoms with van der Waals surface area (Å²) in [6.07, 6.45) is 6.25. The third kappa shape index (κ3) is 8.46. The van der Waals surface area contributed by atoms with E-state index in [1.807, 2.05) is 36.4 Å². The number of benzene rings is 2. The SMILES string of the molecule is COc1cccc(CN(C(=O)CN(c2ccc(C(C)(C)C)cc2)S(C)(=O)=O)[C@H](C)C(=O)NC2CCCCC2)c1. The van der Waals surface area contributed by atoms with Gasteiger partial charge in [-0.1, -0.05) is 64.3 Å². The fraction of sp³-hybridized carbons (Fsp3) is 0.533. The van der Waals surface area contributed by atoms with Gasteiger partial charge in [-0.2, -0.15) is 0 Å². The molecule has 1 atom stereocenters. The maximum absolute atomic E-state index is 13.8. The van der Waals surface area contributed by atoms with Crippen molar-refractivity contribution in [2.45, 2.75) is 83.8 Å². The lowest BCUT2D eigenvalue weighted by molar-refractivity contribution is -0.139. The number of hydrogen-bond acceptors (Lipinski definition) is 5. The van der Waals surface area contributed by atoms with Gasteiger partial charge in [-0.15, -0.1) is 0 Å². The van der Waals surface area contributed by atoms with E-state index in [4.69, 9.17) is 4.74 Å². The van der Waals surface area contributed by atoms with E-state index >= 15 is 0 Å². The number of nitrogens with zero attached hydrogens (tertiary/aromatic N) is 2. The minimum absolute atomic E-state index is 0.0938. The molecule has 0 radical (unpaired) electrons. The molecule has 1 N–H and O–H groups in total. The van der Waals surface area contributed by atoms with Gasteiger partial charge in [0.2, 0.25) is 21.8 Å². The van der Waals surface area contributed by atoms with Gasteiger partial charge in [-0.3, -0.25) is 13.9 Å². The Kier molecular flexibility index (Phi) is 10.0. The average molecular weight is 558 g/mol. The highest BCUT2D eigenvalue weighted by atomic mass is 32.2. The normalized spacial score (nSPS) is 15.3. The number of rotatable bonds is 10. The average Bonchev–Trinajstić information content (AvgIpc) is 2.89. The number of carbonyl (C=O) groups excluding carboxylic acids is 2. The molecule has 0 aromatic heterocycles. The molecule has 2 aromatic rings. The highest BCUT2D eigenvalue weighted by Gasteiger charge is 2.31. The predicted molar refractivity (Wildman–Crippen MR) is 155 cm³/mol. The Morgan fingerprint density at radius 3 is 2.26 bits per heavy atom. The standard InChI is InChI=1S/C30H43N3O5S/c1-22(29(35)31-25-12-8-7-9-13-25)32(20-23-11-10-14-27(19-23)38-5)28(34)21-33(39(6,36)37)26-17-15-24(16-18-26)30(2,3)4/h10-11,14-19,22,25H,7-9,12-13,20-21H2,1-6H3,(H,31,35)/t22-/m1/s1. The zero-order valence-electron chi connectivity index (χ0n) is 24.1. The molecular formula is C30H43N3O5S. The Labute approximate surface area is 233 Å². The number of hydrogen-bond donors (Lipinski definition) is 1. The molecule has 214 valence electrons. The molecule has 0 unspecified atom stereocenters. The highest BCUT2D eigenvalue weighted by Crippen LogP contribution is 2.26. The lowest BCUT2D eigenvalue weighted by Gasteiger charge is -2.33. The van der Waals surface area contributed by atoms with Gasteiger partial charge in [0.25, 0.3) is 0 Å². The monoisotopic (exact) mass is 557 g/mol. The molecule has 2 amide bonds. The minimum atomic E-state index is -3.78. The lowest BCUT2D eigenvalue weighted by Crippen LogP contribution is -2.52. The van der Waals surface area contributed by atoms with Crippen molar-refractivity contribution in [1.82, 2.24) is 10.2 Å². The van der Waals surface area contributed by atoms with Crippen molar-refractivity contribution in [2.75, 3.05) is 24.2 Å². The summed E-state index contributed by atoms with van der Waals surface area (Å²) in [4.78, 5) is 28.6. The Bertz CT molecular complexity index is 1230. The highest BCUT2D eigenvalue weighted by molar-refractivity contribution is 7.92. The van der Waals surface area contributed by atoms with Gasteiger partial charge in [-0.05, 0) is 60.6 Å². The van der Waals surface area contributed by atoms with Crippen molar-refractivity contribution < 1.29 is 22.7 Å². The molecule has 2 aromatic carbocycles. The van der Waals surface area contributed by atoms with E-state index in [0.29, 0.717) is 11.4 Å². The van der Waals surface area contributed by atoms with Gasteiger partial charge in [0.1, 0.15) is 18.3 Å². The molecule has 1 aliphatic rings. The topological polar surface area (TPSA) is 96.0 Å². The van der Waals surface area contributed by atoms with Crippen LogP contribution < -0.4 is 14.4 Å². The molecule has 1 aliphatic carbocycles. The number of ether oxygens (including phenoxy) is 1. The van der Waals surface area contributed by atoms with E-state index in [0.717, 1.165) is 47.4 Å². The first-order chi connectivity index (χ1) is 18.3. The lowest BCUT2D eigenvalue weighted by atomic mass is 9.87. The van der Waals surface area contributed by atoms with Crippen molar-refractivity contribution in [3.63, 3.8) is 0 Å². The van der Waals surface area contributed by atoms with E-state index in [1.165, 1.54) is 11.3 Å². The molecule has 0 bridgehead atoms. The van der Waals surface area contributed by atoms with Crippen LogP contribution in [-0.2, 0) is 31.6 Å². The zero-order valence-corrected chi connectivity index (χ0v) is 24.9. The van der Waals surface area contributed by atoms with Gasteiger partial charge < -0.3 is 15.0 Å². The first-order valence-electron chi connectivity index (χ1n) is 13.6. The van der Waals surface area contributed by atoms with Crippen LogP contribution >= 0.6 is 0 Å². The summed E-state index contributed by atoms with van der Waals surface area (Å²) in [5, 5.41) is 3.11. The van der Waals surface area contributed by atoms with Crippen LogP contribution in [0.3, 0.4) is 0 Å². The van der Waals surface area contributed by atoms with Crippen molar-refractivity contribution in [3.05, 3.63) is 59.7 Å². The van der Waals surface area contributed by atoms with Crippen molar-refractivity contribution in [2.24, 2.45) is 0 Å². The summed E-state index contributed by atoms with van der Waals surface area (Å²) in [6, 6.07) is 13.8. The minimum Gasteiger partial charge on any atom is -0.497 e. The first-order valence-corrected chi connectivity index (χ1v) is 15.5. The maximum Gasteiger partial charge on any atom is 0.244 e. The number of methoxy groups -OCH3 is 1. The van der Waals surface area contributed by atoms with Crippen LogP contribution in [0.15, 0.2) is 48.5 Å². The van der Waals surface area contributed by atoms with Crippen molar-refractivity contribution in [3.8, 4) is 5.75 Å². The molecule has 1 fully saturated rings. The summed E-state index contributed by atoms with van der Waals surface area (Å²) in [5.74, 6) is -0.0658. The first kappa shape index (κ1) is 30.5. The van der Waals surface area contributed by atoms with Crippen LogP contribution in [0, 0.1) is 0 Å². The smallest absolute Gasteiger partial charge is 0.244 e. The molecule has 0 aliphatic heterocycles. The van der Waals surface area contributed by atoms with Crippen LogP contribution in [0.4, 0.5) is 5.69 Å². The summed E-state index contributed by atoms with van der Waals surface area (Å²) in [7, 11) is -2.22. The van der Waals surface area contributed by atoms with Crippen molar-refractivity contribution in [1.29, 1.82) is 0 Å². The molecule has 1 saturated carbocycles. The number of carbonyl (C=O) groups is 2. The second kappa shape index (κ2) is 12.9.